The Bertz CT molecular complexity index is 802. The van der Waals surface area contributed by atoms with Gasteiger partial charge in [-0.05, 0) is 24.5 Å². The van der Waals surface area contributed by atoms with Crippen LogP contribution in [0.1, 0.15) is 20.3 Å². The number of methoxy groups -OCH3 is 1. The molecule has 0 radical (unpaired) electrons. The van der Waals surface area contributed by atoms with Crippen LogP contribution in [0.3, 0.4) is 0 Å². The maximum absolute atomic E-state index is 12.3. The monoisotopic (exact) mass is 404 g/mol. The maximum Gasteiger partial charge on any atom is 0.347 e. The first-order valence-electron chi connectivity index (χ1n) is 9.08. The smallest absolute Gasteiger partial charge is 0.347 e. The van der Waals surface area contributed by atoms with Crippen molar-refractivity contribution in [1.29, 1.82) is 0 Å². The van der Waals surface area contributed by atoms with E-state index in [1.54, 1.807) is 24.3 Å². The van der Waals surface area contributed by atoms with Crippen LogP contribution in [-0.4, -0.2) is 50.0 Å². The van der Waals surface area contributed by atoms with E-state index in [1.165, 1.54) is 7.11 Å². The Morgan fingerprint density at radius 2 is 1.86 bits per heavy atom. The molecule has 29 heavy (non-hydrogen) atoms. The van der Waals surface area contributed by atoms with Crippen LogP contribution in [0.25, 0.3) is 0 Å². The second-order valence-electron chi connectivity index (χ2n) is 6.76. The predicted octanol–water partition coefficient (Wildman–Crippen LogP) is 1.16. The summed E-state index contributed by atoms with van der Waals surface area (Å²) in [7, 11) is 1.22. The zero-order valence-electron chi connectivity index (χ0n) is 16.5. The fourth-order valence-corrected chi connectivity index (χ4v) is 2.63. The molecule has 1 atom stereocenters. The van der Waals surface area contributed by atoms with Gasteiger partial charge in [0.15, 0.2) is 18.8 Å². The Kier molecular flexibility index (Phi) is 7.76. The van der Waals surface area contributed by atoms with Crippen molar-refractivity contribution in [3.05, 3.63) is 41.8 Å². The minimum absolute atomic E-state index is 0.0288. The lowest BCUT2D eigenvalue weighted by atomic mass is 10.0. The van der Waals surface area contributed by atoms with Crippen molar-refractivity contribution >= 4 is 29.3 Å². The predicted molar refractivity (Wildman–Crippen MR) is 102 cm³/mol. The molecule has 0 saturated heterocycles. The third kappa shape index (κ3) is 6.34. The number of hydrogen-bond donors (Lipinski definition) is 2. The van der Waals surface area contributed by atoms with E-state index in [4.69, 9.17) is 9.47 Å². The number of anilines is 1. The van der Waals surface area contributed by atoms with Gasteiger partial charge in [-0.2, -0.15) is 0 Å². The van der Waals surface area contributed by atoms with Gasteiger partial charge >= 0.3 is 11.9 Å². The van der Waals surface area contributed by atoms with Crippen molar-refractivity contribution in [1.82, 2.24) is 5.32 Å². The SMILES string of the molecule is COC(=O)[C@H](CC(C)C)NC(=O)COC(=O)C1=C(Nc2ccccc2)OCC1=O. The van der Waals surface area contributed by atoms with Crippen LogP contribution in [0.4, 0.5) is 5.69 Å². The molecule has 0 aliphatic carbocycles. The van der Waals surface area contributed by atoms with Crippen molar-refractivity contribution in [3.8, 4) is 0 Å². The number of carbonyl (C=O) groups excluding carboxylic acids is 4. The molecule has 9 nitrogen and oxygen atoms in total. The summed E-state index contributed by atoms with van der Waals surface area (Å²) in [5, 5.41) is 5.31. The van der Waals surface area contributed by atoms with Crippen molar-refractivity contribution in [2.75, 3.05) is 25.6 Å². The summed E-state index contributed by atoms with van der Waals surface area (Å²) >= 11 is 0. The van der Waals surface area contributed by atoms with E-state index in [2.05, 4.69) is 15.4 Å². The number of rotatable bonds is 9. The second-order valence-corrected chi connectivity index (χ2v) is 6.76. The topological polar surface area (TPSA) is 120 Å². The molecule has 1 aromatic carbocycles. The number of ketones is 1. The van der Waals surface area contributed by atoms with Gasteiger partial charge < -0.3 is 24.8 Å². The van der Waals surface area contributed by atoms with Crippen molar-refractivity contribution < 1.29 is 33.4 Å². The second kappa shape index (κ2) is 10.3. The van der Waals surface area contributed by atoms with E-state index in [0.29, 0.717) is 12.1 Å². The van der Waals surface area contributed by atoms with E-state index in [1.807, 2.05) is 19.9 Å². The number of carbonyl (C=O) groups is 4. The van der Waals surface area contributed by atoms with Gasteiger partial charge in [0.05, 0.1) is 7.11 Å². The summed E-state index contributed by atoms with van der Waals surface area (Å²) in [6, 6.07) is 7.98. The molecule has 156 valence electrons. The average Bonchev–Trinajstić information content (AvgIpc) is 3.05. The van der Waals surface area contributed by atoms with Crippen LogP contribution in [-0.2, 0) is 33.4 Å². The van der Waals surface area contributed by atoms with E-state index in [-0.39, 0.29) is 24.0 Å². The van der Waals surface area contributed by atoms with Gasteiger partial charge in [0.2, 0.25) is 11.7 Å². The molecule has 9 heteroatoms. The van der Waals surface area contributed by atoms with E-state index in [0.717, 1.165) is 0 Å². The number of benzene rings is 1. The van der Waals surface area contributed by atoms with Gasteiger partial charge in [-0.1, -0.05) is 32.0 Å². The zero-order valence-corrected chi connectivity index (χ0v) is 16.5. The van der Waals surface area contributed by atoms with Crippen molar-refractivity contribution in [2.45, 2.75) is 26.3 Å². The van der Waals surface area contributed by atoms with Crippen LogP contribution in [0.5, 0.6) is 0 Å². The van der Waals surface area contributed by atoms with Crippen LogP contribution in [0.2, 0.25) is 0 Å². The van der Waals surface area contributed by atoms with Crippen molar-refractivity contribution in [2.24, 2.45) is 5.92 Å². The number of ether oxygens (including phenoxy) is 3. The molecule has 1 aliphatic rings. The summed E-state index contributed by atoms with van der Waals surface area (Å²) in [5.74, 6) is -2.71. The highest BCUT2D eigenvalue weighted by Crippen LogP contribution is 2.20. The molecule has 1 heterocycles. The van der Waals surface area contributed by atoms with Crippen LogP contribution < -0.4 is 10.6 Å². The summed E-state index contributed by atoms with van der Waals surface area (Å²) < 4.78 is 14.8. The fraction of sp³-hybridized carbons (Fsp3) is 0.400. The number of Topliss-reactive ketones (excluding diaryl/α,β-unsaturated/α-hetero) is 1. The Morgan fingerprint density at radius 1 is 1.17 bits per heavy atom. The summed E-state index contributed by atoms with van der Waals surface area (Å²) in [5.41, 5.74) is 0.322. The molecule has 0 aromatic heterocycles. The lowest BCUT2D eigenvalue weighted by molar-refractivity contribution is -0.148. The highest BCUT2D eigenvalue weighted by molar-refractivity contribution is 6.20. The summed E-state index contributed by atoms with van der Waals surface area (Å²) in [4.78, 5) is 48.2. The highest BCUT2D eigenvalue weighted by atomic mass is 16.5. The molecule has 1 aliphatic heterocycles. The van der Waals surface area contributed by atoms with Gasteiger partial charge in [-0.3, -0.25) is 9.59 Å². The standard InChI is InChI=1S/C20H24N2O7/c1-12(2)9-14(19(25)27-3)22-16(24)11-29-20(26)17-15(23)10-28-18(17)21-13-7-5-4-6-8-13/h4-8,12,14,21H,9-11H2,1-3H3,(H,22,24)/t14-/m0/s1. The molecule has 0 bridgehead atoms. The lowest BCUT2D eigenvalue weighted by Gasteiger charge is -2.18. The van der Waals surface area contributed by atoms with E-state index < -0.39 is 36.3 Å². The third-order valence-corrected chi connectivity index (χ3v) is 3.95. The van der Waals surface area contributed by atoms with Crippen LogP contribution >= 0.6 is 0 Å². The number of nitrogens with one attached hydrogen (secondary N) is 2. The molecule has 0 fully saturated rings. The Balaban J connectivity index is 1.98. The van der Waals surface area contributed by atoms with Gasteiger partial charge in [0.25, 0.3) is 5.91 Å². The Hall–Kier alpha value is -3.36. The minimum Gasteiger partial charge on any atom is -0.470 e. The van der Waals surface area contributed by atoms with Crippen LogP contribution in [0, 0.1) is 5.92 Å². The first kappa shape index (κ1) is 21.9. The van der Waals surface area contributed by atoms with Gasteiger partial charge in [-0.25, -0.2) is 9.59 Å². The van der Waals surface area contributed by atoms with E-state index >= 15 is 0 Å². The molecule has 0 unspecified atom stereocenters. The normalized spacial score (nSPS) is 14.3. The molecule has 1 amide bonds. The first-order chi connectivity index (χ1) is 13.8. The molecule has 2 rings (SSSR count). The summed E-state index contributed by atoms with van der Waals surface area (Å²) in [6.45, 7) is 2.83. The lowest BCUT2D eigenvalue weighted by Crippen LogP contribution is -2.44. The van der Waals surface area contributed by atoms with E-state index in [9.17, 15) is 19.2 Å². The summed E-state index contributed by atoms with van der Waals surface area (Å²) in [6.07, 6.45) is 0.370. The molecular weight excluding hydrogens is 380 g/mol. The first-order valence-corrected chi connectivity index (χ1v) is 9.08. The fourth-order valence-electron chi connectivity index (χ4n) is 2.63. The number of esters is 2. The van der Waals surface area contributed by atoms with Gasteiger partial charge in [0, 0.05) is 5.69 Å². The number of para-hydroxylation sites is 1. The third-order valence-electron chi connectivity index (χ3n) is 3.95. The molecule has 1 aromatic rings. The van der Waals surface area contributed by atoms with Gasteiger partial charge in [-0.15, -0.1) is 0 Å². The van der Waals surface area contributed by atoms with Crippen LogP contribution in [0.15, 0.2) is 41.8 Å². The van der Waals surface area contributed by atoms with Gasteiger partial charge in [0.1, 0.15) is 6.04 Å². The molecule has 2 N–H and O–H groups in total. The molecular formula is C20H24N2O7. The molecule has 0 spiro atoms. The zero-order chi connectivity index (χ0) is 21.4. The minimum atomic E-state index is -0.987. The van der Waals surface area contributed by atoms with Crippen molar-refractivity contribution in [3.63, 3.8) is 0 Å². The largest absolute Gasteiger partial charge is 0.470 e. The number of amides is 1. The average molecular weight is 404 g/mol. The Morgan fingerprint density at radius 3 is 2.48 bits per heavy atom. The Labute approximate surface area is 168 Å². The highest BCUT2D eigenvalue weighted by Gasteiger charge is 2.33. The maximum atomic E-state index is 12.3. The number of hydrogen-bond acceptors (Lipinski definition) is 8. The quantitative estimate of drug-likeness (QED) is 0.465. The molecule has 0 saturated carbocycles.